The fourth-order valence-corrected chi connectivity index (χ4v) is 2.16. The van der Waals surface area contributed by atoms with Crippen molar-refractivity contribution in [1.29, 1.82) is 0 Å². The molecule has 0 aliphatic rings. The normalized spacial score (nSPS) is 10.4. The second kappa shape index (κ2) is 5.92. The number of nitro groups is 1. The lowest BCUT2D eigenvalue weighted by atomic mass is 10.2. The molecule has 0 unspecified atom stereocenters. The lowest BCUT2D eigenvalue weighted by Gasteiger charge is -2.06. The maximum atomic E-state index is 12.0. The van der Waals surface area contributed by atoms with Crippen molar-refractivity contribution in [2.24, 2.45) is 7.05 Å². The first kappa shape index (κ1) is 15.0. The minimum Gasteiger partial charge on any atom is -0.348 e. The van der Waals surface area contributed by atoms with Gasteiger partial charge >= 0.3 is 0 Å². The van der Waals surface area contributed by atoms with Crippen molar-refractivity contribution in [3.8, 4) is 0 Å². The Labute approximate surface area is 125 Å². The molecule has 1 heterocycles. The van der Waals surface area contributed by atoms with Gasteiger partial charge in [0.25, 0.3) is 11.6 Å². The Kier molecular flexibility index (Phi) is 4.23. The monoisotopic (exact) mass is 308 g/mol. The summed E-state index contributed by atoms with van der Waals surface area (Å²) >= 11 is 5.90. The molecule has 0 atom stereocenters. The van der Waals surface area contributed by atoms with E-state index in [0.717, 1.165) is 17.3 Å². The topological polar surface area (TPSA) is 90.1 Å². The minimum atomic E-state index is -0.563. The Bertz CT molecular complexity index is 711. The van der Waals surface area contributed by atoms with Crippen LogP contribution in [0.5, 0.6) is 0 Å². The Morgan fingerprint density at radius 3 is 2.76 bits per heavy atom. The van der Waals surface area contributed by atoms with Crippen LogP contribution in [-0.4, -0.2) is 20.6 Å². The van der Waals surface area contributed by atoms with Crippen molar-refractivity contribution in [3.63, 3.8) is 0 Å². The second-order valence-electron chi connectivity index (χ2n) is 4.52. The van der Waals surface area contributed by atoms with Crippen molar-refractivity contribution >= 4 is 23.2 Å². The van der Waals surface area contributed by atoms with E-state index in [2.05, 4.69) is 10.4 Å². The van der Waals surface area contributed by atoms with E-state index in [9.17, 15) is 14.9 Å². The molecule has 0 fully saturated rings. The quantitative estimate of drug-likeness (QED) is 0.692. The Morgan fingerprint density at radius 1 is 1.52 bits per heavy atom. The van der Waals surface area contributed by atoms with Crippen LogP contribution in [0.1, 0.15) is 21.6 Å². The van der Waals surface area contributed by atoms with E-state index in [1.807, 2.05) is 13.1 Å². The van der Waals surface area contributed by atoms with E-state index in [-0.39, 0.29) is 16.3 Å². The highest BCUT2D eigenvalue weighted by Crippen LogP contribution is 2.22. The summed E-state index contributed by atoms with van der Waals surface area (Å²) in [6, 6.07) is 3.74. The molecule has 21 heavy (non-hydrogen) atoms. The second-order valence-corrected chi connectivity index (χ2v) is 4.92. The summed E-state index contributed by atoms with van der Waals surface area (Å²) in [6.07, 6.45) is 1.81. The highest BCUT2D eigenvalue weighted by atomic mass is 35.5. The Morgan fingerprint density at radius 2 is 2.24 bits per heavy atom. The molecule has 0 bridgehead atoms. The van der Waals surface area contributed by atoms with E-state index < -0.39 is 10.8 Å². The van der Waals surface area contributed by atoms with Crippen LogP contribution in [0.15, 0.2) is 24.4 Å². The third-order valence-corrected chi connectivity index (χ3v) is 3.28. The fraction of sp³-hybridized carbons (Fsp3) is 0.231. The van der Waals surface area contributed by atoms with Gasteiger partial charge in [0.1, 0.15) is 0 Å². The summed E-state index contributed by atoms with van der Waals surface area (Å²) in [5.41, 5.74) is 1.76. The Hall–Kier alpha value is -2.41. The molecule has 0 spiro atoms. The molecule has 0 radical (unpaired) electrons. The van der Waals surface area contributed by atoms with Gasteiger partial charge in [-0.3, -0.25) is 19.6 Å². The number of halogens is 1. The molecule has 8 heteroatoms. The first-order chi connectivity index (χ1) is 9.88. The van der Waals surface area contributed by atoms with Gasteiger partial charge in [0.05, 0.1) is 21.2 Å². The number of amides is 1. The molecule has 0 saturated carbocycles. The fourth-order valence-electron chi connectivity index (χ4n) is 1.89. The molecule has 0 aliphatic carbocycles. The summed E-state index contributed by atoms with van der Waals surface area (Å²) in [5, 5.41) is 17.6. The smallest absolute Gasteiger partial charge is 0.270 e. The molecule has 0 aliphatic heterocycles. The van der Waals surface area contributed by atoms with E-state index >= 15 is 0 Å². The summed E-state index contributed by atoms with van der Waals surface area (Å²) in [7, 11) is 1.80. The van der Waals surface area contributed by atoms with Gasteiger partial charge in [0, 0.05) is 37.5 Å². The molecule has 1 N–H and O–H groups in total. The Balaban J connectivity index is 2.10. The molecule has 110 valence electrons. The average molecular weight is 309 g/mol. The number of hydrogen-bond donors (Lipinski definition) is 1. The number of hydrogen-bond acceptors (Lipinski definition) is 4. The first-order valence-corrected chi connectivity index (χ1v) is 6.47. The van der Waals surface area contributed by atoms with Crippen molar-refractivity contribution in [3.05, 3.63) is 56.4 Å². The number of nitrogens with zero attached hydrogens (tertiary/aromatic N) is 3. The van der Waals surface area contributed by atoms with Crippen LogP contribution in [0.3, 0.4) is 0 Å². The number of aryl methyl sites for hydroxylation is 2. The maximum absolute atomic E-state index is 12.0. The molecular formula is C13H13ClN4O3. The average Bonchev–Trinajstić information content (AvgIpc) is 2.74. The van der Waals surface area contributed by atoms with Gasteiger partial charge in [0.15, 0.2) is 0 Å². The molecule has 1 aromatic carbocycles. The first-order valence-electron chi connectivity index (χ1n) is 6.09. The number of carbonyl (C=O) groups is 1. The zero-order valence-electron chi connectivity index (χ0n) is 11.5. The number of non-ortho nitro benzene ring substituents is 1. The van der Waals surface area contributed by atoms with Gasteiger partial charge in [-0.15, -0.1) is 0 Å². The van der Waals surface area contributed by atoms with E-state index in [1.165, 1.54) is 12.1 Å². The summed E-state index contributed by atoms with van der Waals surface area (Å²) < 4.78 is 1.66. The van der Waals surface area contributed by atoms with Crippen molar-refractivity contribution in [2.45, 2.75) is 13.5 Å². The number of nitrogens with one attached hydrogen (secondary N) is 1. The van der Waals surface area contributed by atoms with Crippen LogP contribution < -0.4 is 5.32 Å². The number of rotatable bonds is 4. The zero-order valence-corrected chi connectivity index (χ0v) is 12.2. The lowest BCUT2D eigenvalue weighted by molar-refractivity contribution is -0.384. The number of carbonyl (C=O) groups excluding carboxylic acids is 1. The summed E-state index contributed by atoms with van der Waals surface area (Å²) in [5.74, 6) is -0.391. The van der Waals surface area contributed by atoms with Gasteiger partial charge in [-0.25, -0.2) is 0 Å². The predicted octanol–water partition coefficient (Wildman–Crippen LogP) is 2.22. The van der Waals surface area contributed by atoms with E-state index in [1.54, 1.807) is 11.7 Å². The predicted molar refractivity (Wildman–Crippen MR) is 77.2 cm³/mol. The third kappa shape index (κ3) is 3.38. The minimum absolute atomic E-state index is 0.0459. The van der Waals surface area contributed by atoms with Crippen molar-refractivity contribution in [2.75, 3.05) is 0 Å². The van der Waals surface area contributed by atoms with E-state index in [4.69, 9.17) is 11.6 Å². The van der Waals surface area contributed by atoms with Crippen molar-refractivity contribution < 1.29 is 9.72 Å². The SMILES string of the molecule is Cc1nn(C)cc1CNC(=O)c1ccc([N+](=O)[O-])cc1Cl. The van der Waals surface area contributed by atoms with Crippen LogP contribution in [0, 0.1) is 17.0 Å². The van der Waals surface area contributed by atoms with Gasteiger partial charge in [-0.1, -0.05) is 11.6 Å². The summed E-state index contributed by atoms with van der Waals surface area (Å²) in [4.78, 5) is 22.1. The highest BCUT2D eigenvalue weighted by Gasteiger charge is 2.15. The largest absolute Gasteiger partial charge is 0.348 e. The molecule has 0 saturated heterocycles. The van der Waals surface area contributed by atoms with Crippen LogP contribution in [0.2, 0.25) is 5.02 Å². The van der Waals surface area contributed by atoms with Crippen LogP contribution in [0.25, 0.3) is 0 Å². The van der Waals surface area contributed by atoms with Crippen LogP contribution >= 0.6 is 11.6 Å². The molecular weight excluding hydrogens is 296 g/mol. The van der Waals surface area contributed by atoms with Crippen LogP contribution in [0.4, 0.5) is 5.69 Å². The van der Waals surface area contributed by atoms with Crippen molar-refractivity contribution in [1.82, 2.24) is 15.1 Å². The molecule has 1 aromatic heterocycles. The zero-order chi connectivity index (χ0) is 15.6. The standard InChI is InChI=1S/C13H13ClN4O3/c1-8-9(7-17(2)16-8)6-15-13(19)11-4-3-10(18(20)21)5-12(11)14/h3-5,7H,6H2,1-2H3,(H,15,19). The highest BCUT2D eigenvalue weighted by molar-refractivity contribution is 6.34. The van der Waals surface area contributed by atoms with E-state index in [0.29, 0.717) is 6.54 Å². The molecule has 1 amide bonds. The van der Waals surface area contributed by atoms with Gasteiger partial charge in [-0.05, 0) is 13.0 Å². The van der Waals surface area contributed by atoms with Gasteiger partial charge < -0.3 is 5.32 Å². The summed E-state index contributed by atoms with van der Waals surface area (Å²) in [6.45, 7) is 2.16. The molecule has 2 rings (SSSR count). The number of nitro benzene ring substituents is 1. The van der Waals surface area contributed by atoms with Gasteiger partial charge in [-0.2, -0.15) is 5.10 Å². The molecule has 2 aromatic rings. The van der Waals surface area contributed by atoms with Crippen LogP contribution in [-0.2, 0) is 13.6 Å². The maximum Gasteiger partial charge on any atom is 0.270 e. The lowest BCUT2D eigenvalue weighted by Crippen LogP contribution is -2.23. The van der Waals surface area contributed by atoms with Gasteiger partial charge in [0.2, 0.25) is 0 Å². The molecule has 7 nitrogen and oxygen atoms in total. The number of aromatic nitrogens is 2. The number of benzene rings is 1. The third-order valence-electron chi connectivity index (χ3n) is 2.96.